The first-order valence-corrected chi connectivity index (χ1v) is 11.1. The van der Waals surface area contributed by atoms with E-state index in [0.717, 1.165) is 30.0 Å². The summed E-state index contributed by atoms with van der Waals surface area (Å²) < 4.78 is 0. The van der Waals surface area contributed by atoms with Gasteiger partial charge in [0.05, 0.1) is 4.92 Å². The second-order valence-electron chi connectivity index (χ2n) is 8.37. The lowest BCUT2D eigenvalue weighted by Crippen LogP contribution is -2.29. The number of rotatable bonds is 3. The summed E-state index contributed by atoms with van der Waals surface area (Å²) in [6.45, 7) is 8.62. The Labute approximate surface area is 179 Å². The van der Waals surface area contributed by atoms with Gasteiger partial charge < -0.3 is 15.5 Å². The van der Waals surface area contributed by atoms with Crippen LogP contribution in [-0.2, 0) is 0 Å². The van der Waals surface area contributed by atoms with Crippen molar-refractivity contribution in [2.45, 2.75) is 52.4 Å². The van der Waals surface area contributed by atoms with E-state index in [1.807, 2.05) is 19.1 Å². The van der Waals surface area contributed by atoms with Gasteiger partial charge in [0.2, 0.25) is 0 Å². The number of nitro groups is 1. The molecule has 0 aliphatic carbocycles. The molecule has 6 nitrogen and oxygen atoms in total. The van der Waals surface area contributed by atoms with Crippen LogP contribution < -0.4 is 15.5 Å². The van der Waals surface area contributed by atoms with Crippen LogP contribution in [0.15, 0.2) is 36.4 Å². The number of hydrogen-bond acceptors (Lipinski definition) is 5. The van der Waals surface area contributed by atoms with Gasteiger partial charge >= 0.3 is 0 Å². The minimum atomic E-state index is -0.340. The number of non-ortho nitro benzene ring substituents is 1. The molecular weight excluding hydrogens is 376 g/mol. The third-order valence-corrected chi connectivity index (χ3v) is 6.01. The van der Waals surface area contributed by atoms with Gasteiger partial charge in [0.25, 0.3) is 5.69 Å². The minimum Gasteiger partial charge on any atom is -0.399 e. The number of nitrogens with two attached hydrogens (primary N) is 1. The number of anilines is 3. The van der Waals surface area contributed by atoms with Gasteiger partial charge in [-0.05, 0) is 87.8 Å². The number of benzene rings is 2. The molecule has 2 heterocycles. The second kappa shape index (κ2) is 10.3. The highest BCUT2D eigenvalue weighted by molar-refractivity contribution is 5.59. The van der Waals surface area contributed by atoms with Gasteiger partial charge in [0, 0.05) is 55.4 Å². The van der Waals surface area contributed by atoms with Crippen molar-refractivity contribution in [1.29, 1.82) is 0 Å². The first kappa shape index (κ1) is 21.9. The highest BCUT2D eigenvalue weighted by atomic mass is 16.6. The predicted octanol–water partition coefficient (Wildman–Crippen LogP) is 5.46. The fourth-order valence-corrected chi connectivity index (χ4v) is 4.41. The molecule has 2 aromatic carbocycles. The maximum atomic E-state index is 10.6. The lowest BCUT2D eigenvalue weighted by molar-refractivity contribution is -0.384. The lowest BCUT2D eigenvalue weighted by Gasteiger charge is -2.30. The van der Waals surface area contributed by atoms with Gasteiger partial charge in [0.15, 0.2) is 0 Å². The molecule has 6 heteroatoms. The van der Waals surface area contributed by atoms with Crippen LogP contribution >= 0.6 is 0 Å². The van der Waals surface area contributed by atoms with E-state index >= 15 is 0 Å². The molecule has 2 aliphatic rings. The number of hydrogen-bond donors (Lipinski definition) is 1. The van der Waals surface area contributed by atoms with Crippen molar-refractivity contribution in [3.8, 4) is 0 Å². The molecule has 162 valence electrons. The third-order valence-electron chi connectivity index (χ3n) is 6.01. The maximum Gasteiger partial charge on any atom is 0.269 e. The van der Waals surface area contributed by atoms with E-state index in [4.69, 9.17) is 5.73 Å². The van der Waals surface area contributed by atoms with Gasteiger partial charge in [-0.2, -0.15) is 0 Å². The Morgan fingerprint density at radius 3 is 1.67 bits per heavy atom. The highest BCUT2D eigenvalue weighted by Crippen LogP contribution is 2.27. The van der Waals surface area contributed by atoms with E-state index in [0.29, 0.717) is 0 Å². The van der Waals surface area contributed by atoms with Crippen molar-refractivity contribution in [3.05, 3.63) is 57.6 Å². The average Bonchev–Trinajstić information content (AvgIpc) is 2.75. The molecule has 0 unspecified atom stereocenters. The number of piperidine rings is 2. The van der Waals surface area contributed by atoms with Gasteiger partial charge in [0.1, 0.15) is 0 Å². The van der Waals surface area contributed by atoms with Gasteiger partial charge in [-0.15, -0.1) is 0 Å². The average molecular weight is 411 g/mol. The van der Waals surface area contributed by atoms with Crippen molar-refractivity contribution < 1.29 is 4.92 Å². The topological polar surface area (TPSA) is 75.6 Å². The summed E-state index contributed by atoms with van der Waals surface area (Å²) in [5.41, 5.74) is 11.6. The highest BCUT2D eigenvalue weighted by Gasteiger charge is 2.15. The van der Waals surface area contributed by atoms with E-state index in [9.17, 15) is 10.1 Å². The Bertz CT molecular complexity index is 856. The molecule has 2 fully saturated rings. The van der Waals surface area contributed by atoms with Crippen molar-refractivity contribution in [2.24, 2.45) is 0 Å². The van der Waals surface area contributed by atoms with Gasteiger partial charge in [-0.3, -0.25) is 10.1 Å². The van der Waals surface area contributed by atoms with Crippen LogP contribution in [0.4, 0.5) is 22.7 Å². The van der Waals surface area contributed by atoms with Crippen molar-refractivity contribution >= 4 is 22.7 Å². The summed E-state index contributed by atoms with van der Waals surface area (Å²) in [5, 5.41) is 10.6. The summed E-state index contributed by atoms with van der Waals surface area (Å²) in [6, 6.07) is 11.3. The van der Waals surface area contributed by atoms with Crippen LogP contribution in [-0.4, -0.2) is 31.1 Å². The van der Waals surface area contributed by atoms with Gasteiger partial charge in [-0.1, -0.05) is 0 Å². The summed E-state index contributed by atoms with van der Waals surface area (Å²) in [4.78, 5) is 15.1. The van der Waals surface area contributed by atoms with E-state index in [1.165, 1.54) is 62.9 Å². The molecule has 2 aliphatic heterocycles. The standard InChI is InChI=1S/C12H16N2O2.C12H18N2/c1-10-9-11(14(15)16)5-6-12(10)13-7-3-2-4-8-13;1-10-9-11(13)5-6-12(10)14-7-3-2-4-8-14/h5-6,9H,2-4,7-8H2,1H3;5-6,9H,2-4,7-8,13H2,1H3. The molecule has 0 amide bonds. The molecule has 0 atom stereocenters. The Balaban J connectivity index is 0.000000172. The zero-order chi connectivity index (χ0) is 21.5. The van der Waals surface area contributed by atoms with E-state index in [2.05, 4.69) is 28.9 Å². The SMILES string of the molecule is Cc1cc(N)ccc1N1CCCCC1.Cc1cc([N+](=O)[O-])ccc1N1CCCCC1. The third kappa shape index (κ3) is 5.65. The Morgan fingerprint density at radius 1 is 0.767 bits per heavy atom. The minimum absolute atomic E-state index is 0.179. The zero-order valence-corrected chi connectivity index (χ0v) is 18.3. The first-order valence-electron chi connectivity index (χ1n) is 11.1. The lowest BCUT2D eigenvalue weighted by atomic mass is 10.1. The van der Waals surface area contributed by atoms with Crippen LogP contribution in [0.1, 0.15) is 49.7 Å². The number of nitrogens with zero attached hydrogens (tertiary/aromatic N) is 3. The smallest absolute Gasteiger partial charge is 0.269 e. The van der Waals surface area contributed by atoms with E-state index in [-0.39, 0.29) is 10.6 Å². The number of nitrogen functional groups attached to an aromatic ring is 1. The Hall–Kier alpha value is -2.76. The zero-order valence-electron chi connectivity index (χ0n) is 18.3. The first-order chi connectivity index (χ1) is 14.5. The Kier molecular flexibility index (Phi) is 7.55. The molecule has 0 aromatic heterocycles. The van der Waals surface area contributed by atoms with Crippen LogP contribution in [0, 0.1) is 24.0 Å². The summed E-state index contributed by atoms with van der Waals surface area (Å²) in [6.07, 6.45) is 7.76. The predicted molar refractivity (Wildman–Crippen MR) is 126 cm³/mol. The molecule has 0 saturated carbocycles. The molecule has 0 radical (unpaired) electrons. The molecule has 0 spiro atoms. The Morgan fingerprint density at radius 2 is 1.23 bits per heavy atom. The van der Waals surface area contributed by atoms with E-state index < -0.39 is 0 Å². The molecule has 4 rings (SSSR count). The second-order valence-corrected chi connectivity index (χ2v) is 8.37. The van der Waals surface area contributed by atoms with Crippen molar-refractivity contribution in [1.82, 2.24) is 0 Å². The molecule has 2 saturated heterocycles. The molecule has 30 heavy (non-hydrogen) atoms. The number of nitro benzene ring substituents is 1. The molecule has 0 bridgehead atoms. The summed E-state index contributed by atoms with van der Waals surface area (Å²) in [5.74, 6) is 0. The van der Waals surface area contributed by atoms with Crippen molar-refractivity contribution in [3.63, 3.8) is 0 Å². The molecule has 2 aromatic rings. The summed E-state index contributed by atoms with van der Waals surface area (Å²) >= 11 is 0. The molecular formula is C24H34N4O2. The van der Waals surface area contributed by atoms with Crippen molar-refractivity contribution in [2.75, 3.05) is 41.7 Å². The largest absolute Gasteiger partial charge is 0.399 e. The van der Waals surface area contributed by atoms with Crippen LogP contribution in [0.3, 0.4) is 0 Å². The van der Waals surface area contributed by atoms with E-state index in [1.54, 1.807) is 12.1 Å². The normalized spacial score (nSPS) is 16.6. The van der Waals surface area contributed by atoms with Crippen LogP contribution in [0.25, 0.3) is 0 Å². The van der Waals surface area contributed by atoms with Crippen LogP contribution in [0.2, 0.25) is 0 Å². The summed E-state index contributed by atoms with van der Waals surface area (Å²) in [7, 11) is 0. The fraction of sp³-hybridized carbons (Fsp3) is 0.500. The maximum absolute atomic E-state index is 10.6. The number of aryl methyl sites for hydroxylation is 2. The quantitative estimate of drug-likeness (QED) is 0.413. The van der Waals surface area contributed by atoms with Gasteiger partial charge in [-0.25, -0.2) is 0 Å². The molecule has 2 N–H and O–H groups in total. The monoisotopic (exact) mass is 410 g/mol. The fourth-order valence-electron chi connectivity index (χ4n) is 4.41. The van der Waals surface area contributed by atoms with Crippen LogP contribution in [0.5, 0.6) is 0 Å².